The third-order valence-corrected chi connectivity index (χ3v) is 2.10. The summed E-state index contributed by atoms with van der Waals surface area (Å²) in [4.78, 5) is 4.21. The first-order valence-electron chi connectivity index (χ1n) is 4.44. The van der Waals surface area contributed by atoms with Crippen LogP contribution in [-0.4, -0.2) is 6.21 Å². The number of hydrogen-bond acceptors (Lipinski definition) is 1. The summed E-state index contributed by atoms with van der Waals surface area (Å²) in [7, 11) is 0. The Balaban J connectivity index is 2.09. The molecule has 0 aromatic heterocycles. The van der Waals surface area contributed by atoms with Gasteiger partial charge in [-0.1, -0.05) is 24.8 Å². The lowest BCUT2D eigenvalue weighted by Gasteiger charge is -2.22. The number of hydrogen-bond donors (Lipinski definition) is 0. The van der Waals surface area contributed by atoms with Crippen molar-refractivity contribution >= 4 is 6.21 Å². The van der Waals surface area contributed by atoms with Gasteiger partial charge >= 0.3 is 0 Å². The molecule has 0 radical (unpaired) electrons. The molecule has 0 amide bonds. The lowest BCUT2D eigenvalue weighted by Crippen LogP contribution is -2.10. The van der Waals surface area contributed by atoms with Crippen molar-refractivity contribution in [2.45, 2.75) is 39.5 Å². The van der Waals surface area contributed by atoms with E-state index < -0.39 is 0 Å². The molecule has 0 saturated heterocycles. The van der Waals surface area contributed by atoms with Gasteiger partial charge in [0, 0.05) is 12.4 Å². The molecule has 11 heavy (non-hydrogen) atoms. The highest BCUT2D eigenvalue weighted by atomic mass is 14.7. The van der Waals surface area contributed by atoms with Crippen LogP contribution in [0.2, 0.25) is 0 Å². The number of allylic oxidation sites excluding steroid dienone is 1. The van der Waals surface area contributed by atoms with Crippen molar-refractivity contribution in [2.24, 2.45) is 10.9 Å². The van der Waals surface area contributed by atoms with Crippen LogP contribution in [0.4, 0.5) is 0 Å². The summed E-state index contributed by atoms with van der Waals surface area (Å²) in [6.45, 7) is 4.14. The van der Waals surface area contributed by atoms with E-state index in [0.717, 1.165) is 5.92 Å². The fourth-order valence-corrected chi connectivity index (χ4v) is 1.14. The molecule has 62 valence electrons. The summed E-state index contributed by atoms with van der Waals surface area (Å²) in [5.74, 6) is 0.948. The SMILES string of the molecule is CC(C)=CN=CCC1CCC1. The van der Waals surface area contributed by atoms with E-state index in [4.69, 9.17) is 0 Å². The van der Waals surface area contributed by atoms with Crippen LogP contribution in [0.1, 0.15) is 39.5 Å². The van der Waals surface area contributed by atoms with Gasteiger partial charge in [-0.3, -0.25) is 4.99 Å². The van der Waals surface area contributed by atoms with Crippen molar-refractivity contribution in [3.63, 3.8) is 0 Å². The van der Waals surface area contributed by atoms with E-state index in [0.29, 0.717) is 0 Å². The Labute approximate surface area is 69.2 Å². The topological polar surface area (TPSA) is 12.4 Å². The predicted molar refractivity (Wildman–Crippen MR) is 49.9 cm³/mol. The van der Waals surface area contributed by atoms with Gasteiger partial charge in [0.15, 0.2) is 0 Å². The highest BCUT2D eigenvalue weighted by Gasteiger charge is 2.15. The predicted octanol–water partition coefficient (Wildman–Crippen LogP) is 3.17. The summed E-state index contributed by atoms with van der Waals surface area (Å²) in [5.41, 5.74) is 1.27. The highest BCUT2D eigenvalue weighted by Crippen LogP contribution is 2.28. The Bertz CT molecular complexity index is 160. The average molecular weight is 151 g/mol. The second-order valence-corrected chi connectivity index (χ2v) is 3.57. The van der Waals surface area contributed by atoms with E-state index in [2.05, 4.69) is 25.1 Å². The van der Waals surface area contributed by atoms with Crippen molar-refractivity contribution in [3.8, 4) is 0 Å². The Morgan fingerprint density at radius 3 is 2.64 bits per heavy atom. The Kier molecular flexibility index (Phi) is 3.34. The Morgan fingerprint density at radius 1 is 1.45 bits per heavy atom. The molecule has 1 aliphatic carbocycles. The monoisotopic (exact) mass is 151 g/mol. The quantitative estimate of drug-likeness (QED) is 0.549. The first kappa shape index (κ1) is 8.51. The number of nitrogens with zero attached hydrogens (tertiary/aromatic N) is 1. The molecule has 0 aromatic rings. The summed E-state index contributed by atoms with van der Waals surface area (Å²) < 4.78 is 0. The van der Waals surface area contributed by atoms with Crippen LogP contribution in [0, 0.1) is 5.92 Å². The van der Waals surface area contributed by atoms with Gasteiger partial charge in [0.25, 0.3) is 0 Å². The van der Waals surface area contributed by atoms with Crippen molar-refractivity contribution < 1.29 is 0 Å². The third kappa shape index (κ3) is 3.35. The minimum absolute atomic E-state index is 0.948. The summed E-state index contributed by atoms with van der Waals surface area (Å²) >= 11 is 0. The lowest BCUT2D eigenvalue weighted by atomic mass is 9.83. The van der Waals surface area contributed by atoms with Crippen LogP contribution in [0.15, 0.2) is 16.8 Å². The van der Waals surface area contributed by atoms with Gasteiger partial charge in [0.2, 0.25) is 0 Å². The van der Waals surface area contributed by atoms with Gasteiger partial charge in [0.05, 0.1) is 0 Å². The molecular weight excluding hydrogens is 134 g/mol. The molecule has 1 nitrogen and oxygen atoms in total. The molecule has 0 bridgehead atoms. The lowest BCUT2D eigenvalue weighted by molar-refractivity contribution is 0.329. The fourth-order valence-electron chi connectivity index (χ4n) is 1.14. The average Bonchev–Trinajstić information content (AvgIpc) is 1.82. The van der Waals surface area contributed by atoms with E-state index in [-0.39, 0.29) is 0 Å². The van der Waals surface area contributed by atoms with Crippen LogP contribution in [-0.2, 0) is 0 Å². The van der Waals surface area contributed by atoms with Gasteiger partial charge in [-0.05, 0) is 26.2 Å². The molecule has 0 spiro atoms. The second-order valence-electron chi connectivity index (χ2n) is 3.57. The molecule has 0 unspecified atom stereocenters. The highest BCUT2D eigenvalue weighted by molar-refractivity contribution is 5.58. The van der Waals surface area contributed by atoms with Crippen molar-refractivity contribution in [3.05, 3.63) is 11.8 Å². The van der Waals surface area contributed by atoms with Gasteiger partial charge in [-0.15, -0.1) is 0 Å². The zero-order valence-corrected chi connectivity index (χ0v) is 7.51. The fraction of sp³-hybridized carbons (Fsp3) is 0.700. The Hall–Kier alpha value is -0.590. The molecule has 1 rings (SSSR count). The van der Waals surface area contributed by atoms with Crippen molar-refractivity contribution in [2.75, 3.05) is 0 Å². The maximum atomic E-state index is 4.21. The van der Waals surface area contributed by atoms with Crippen LogP contribution in [0.5, 0.6) is 0 Å². The molecule has 0 aliphatic heterocycles. The van der Waals surface area contributed by atoms with E-state index in [1.54, 1.807) is 0 Å². The molecule has 1 saturated carbocycles. The van der Waals surface area contributed by atoms with E-state index >= 15 is 0 Å². The number of rotatable bonds is 3. The van der Waals surface area contributed by atoms with E-state index in [1.807, 2.05) is 6.20 Å². The molecule has 0 heterocycles. The van der Waals surface area contributed by atoms with Crippen LogP contribution >= 0.6 is 0 Å². The molecular formula is C10H17N. The molecule has 0 atom stereocenters. The van der Waals surface area contributed by atoms with E-state index in [1.165, 1.54) is 31.3 Å². The van der Waals surface area contributed by atoms with Gasteiger partial charge < -0.3 is 0 Å². The van der Waals surface area contributed by atoms with Gasteiger partial charge in [0.1, 0.15) is 0 Å². The third-order valence-electron chi connectivity index (χ3n) is 2.10. The number of aliphatic imine (C=N–C) groups is 1. The maximum absolute atomic E-state index is 4.21. The summed E-state index contributed by atoms with van der Waals surface area (Å²) in [5, 5.41) is 0. The zero-order chi connectivity index (χ0) is 8.10. The zero-order valence-electron chi connectivity index (χ0n) is 7.51. The molecule has 1 heteroatoms. The molecule has 0 N–H and O–H groups in total. The van der Waals surface area contributed by atoms with Crippen molar-refractivity contribution in [1.29, 1.82) is 0 Å². The standard InChI is InChI=1S/C10H17N/c1-9(2)8-11-7-6-10-4-3-5-10/h7-8,10H,3-6H2,1-2H3. The van der Waals surface area contributed by atoms with E-state index in [9.17, 15) is 0 Å². The molecule has 1 fully saturated rings. The van der Waals surface area contributed by atoms with Crippen LogP contribution in [0.3, 0.4) is 0 Å². The second kappa shape index (κ2) is 4.32. The maximum Gasteiger partial charge on any atom is 0.0250 e. The van der Waals surface area contributed by atoms with Gasteiger partial charge in [-0.25, -0.2) is 0 Å². The molecule has 1 aliphatic rings. The van der Waals surface area contributed by atoms with Crippen LogP contribution in [0.25, 0.3) is 0 Å². The minimum atomic E-state index is 0.948. The first-order valence-corrected chi connectivity index (χ1v) is 4.44. The largest absolute Gasteiger partial charge is 0.269 e. The smallest absolute Gasteiger partial charge is 0.0250 e. The molecule has 0 aromatic carbocycles. The van der Waals surface area contributed by atoms with Crippen LogP contribution < -0.4 is 0 Å². The summed E-state index contributed by atoms with van der Waals surface area (Å²) in [6.07, 6.45) is 9.43. The minimum Gasteiger partial charge on any atom is -0.269 e. The Morgan fingerprint density at radius 2 is 2.18 bits per heavy atom. The van der Waals surface area contributed by atoms with Gasteiger partial charge in [-0.2, -0.15) is 0 Å². The normalized spacial score (nSPS) is 18.4. The summed E-state index contributed by atoms with van der Waals surface area (Å²) in [6, 6.07) is 0. The van der Waals surface area contributed by atoms with Crippen molar-refractivity contribution in [1.82, 2.24) is 0 Å². The first-order chi connectivity index (χ1) is 5.29.